The summed E-state index contributed by atoms with van der Waals surface area (Å²) in [5.74, 6) is -3.49. The predicted octanol–water partition coefficient (Wildman–Crippen LogP) is -0.207. The molecule has 0 spiro atoms. The van der Waals surface area contributed by atoms with Crippen LogP contribution in [-0.2, 0) is 42.8 Å². The second-order valence-electron chi connectivity index (χ2n) is 5.75. The highest BCUT2D eigenvalue weighted by molar-refractivity contribution is 5.67. The van der Waals surface area contributed by atoms with Crippen molar-refractivity contribution in [1.82, 2.24) is 0 Å². The number of ether oxygens (including phenoxy) is 6. The zero-order chi connectivity index (χ0) is 18.8. The van der Waals surface area contributed by atoms with Crippen molar-refractivity contribution in [2.75, 3.05) is 6.61 Å². The number of nitrogens with zero attached hydrogens (tertiary/aromatic N) is 1. The SMILES string of the molecule is CC(=O)OC[C@H]1O[C@@H]2O[C@](C)(C#N)O[C@@H]2[C@@H](OC(C)=O)[C@@H]1OC(C)=O. The molecule has 0 amide bonds. The van der Waals surface area contributed by atoms with Crippen molar-refractivity contribution in [3.05, 3.63) is 0 Å². The Morgan fingerprint density at radius 2 is 1.64 bits per heavy atom. The van der Waals surface area contributed by atoms with Gasteiger partial charge in [-0.15, -0.1) is 0 Å². The van der Waals surface area contributed by atoms with Crippen molar-refractivity contribution in [1.29, 1.82) is 5.26 Å². The van der Waals surface area contributed by atoms with Gasteiger partial charge in [0, 0.05) is 27.7 Å². The van der Waals surface area contributed by atoms with Crippen LogP contribution in [0.5, 0.6) is 0 Å². The molecule has 0 aromatic heterocycles. The molecule has 2 fully saturated rings. The third kappa shape index (κ3) is 4.45. The summed E-state index contributed by atoms with van der Waals surface area (Å²) < 4.78 is 31.9. The number of hydrogen-bond acceptors (Lipinski definition) is 10. The molecule has 0 aliphatic carbocycles. The van der Waals surface area contributed by atoms with Crippen LogP contribution in [-0.4, -0.2) is 61.0 Å². The van der Waals surface area contributed by atoms with Crippen LogP contribution in [0.3, 0.4) is 0 Å². The van der Waals surface area contributed by atoms with Crippen LogP contribution in [0, 0.1) is 11.3 Å². The van der Waals surface area contributed by atoms with Crippen LogP contribution in [0.25, 0.3) is 0 Å². The standard InChI is InChI=1S/C15H19NO9/c1-7(17)20-5-10-11(21-8(2)18)12(22-9(3)19)13-14(23-10)25-15(4,6-16)24-13/h10-14H,5H2,1-4H3/t10-,11-,12+,13-,14-,15-/m1/s1. The van der Waals surface area contributed by atoms with E-state index < -0.39 is 54.4 Å². The summed E-state index contributed by atoms with van der Waals surface area (Å²) in [5, 5.41) is 9.18. The second-order valence-corrected chi connectivity index (χ2v) is 5.75. The lowest BCUT2D eigenvalue weighted by atomic mass is 9.98. The molecule has 10 nitrogen and oxygen atoms in total. The Labute approximate surface area is 143 Å². The van der Waals surface area contributed by atoms with E-state index in [-0.39, 0.29) is 6.61 Å². The zero-order valence-corrected chi connectivity index (χ0v) is 14.2. The lowest BCUT2D eigenvalue weighted by Crippen LogP contribution is -2.60. The van der Waals surface area contributed by atoms with E-state index in [9.17, 15) is 19.6 Å². The molecule has 2 aliphatic rings. The van der Waals surface area contributed by atoms with E-state index in [1.165, 1.54) is 27.7 Å². The number of carbonyl (C=O) groups is 3. The molecule has 0 aromatic rings. The topological polar surface area (TPSA) is 130 Å². The van der Waals surface area contributed by atoms with Crippen molar-refractivity contribution in [2.24, 2.45) is 0 Å². The van der Waals surface area contributed by atoms with Crippen LogP contribution >= 0.6 is 0 Å². The van der Waals surface area contributed by atoms with Gasteiger partial charge in [-0.05, 0) is 0 Å². The van der Waals surface area contributed by atoms with Gasteiger partial charge in [-0.1, -0.05) is 0 Å². The number of esters is 3. The Kier molecular flexibility index (Phi) is 5.62. The maximum absolute atomic E-state index is 11.5. The van der Waals surface area contributed by atoms with Crippen LogP contribution < -0.4 is 0 Å². The molecule has 6 atom stereocenters. The van der Waals surface area contributed by atoms with Crippen LogP contribution in [0.1, 0.15) is 27.7 Å². The average molecular weight is 357 g/mol. The minimum absolute atomic E-state index is 0.263. The first-order chi connectivity index (χ1) is 11.6. The van der Waals surface area contributed by atoms with Crippen molar-refractivity contribution >= 4 is 17.9 Å². The van der Waals surface area contributed by atoms with Gasteiger partial charge in [0.2, 0.25) is 0 Å². The van der Waals surface area contributed by atoms with E-state index in [0.717, 1.165) is 0 Å². The van der Waals surface area contributed by atoms with Crippen LogP contribution in [0.15, 0.2) is 0 Å². The molecule has 0 unspecified atom stereocenters. The summed E-state index contributed by atoms with van der Waals surface area (Å²) in [7, 11) is 0. The molecule has 2 aliphatic heterocycles. The van der Waals surface area contributed by atoms with E-state index in [1.54, 1.807) is 0 Å². The largest absolute Gasteiger partial charge is 0.463 e. The van der Waals surface area contributed by atoms with Gasteiger partial charge in [0.05, 0.1) is 0 Å². The van der Waals surface area contributed by atoms with Gasteiger partial charge in [-0.25, -0.2) is 0 Å². The summed E-state index contributed by atoms with van der Waals surface area (Å²) in [4.78, 5) is 34.0. The highest BCUT2D eigenvalue weighted by Gasteiger charge is 2.59. The zero-order valence-electron chi connectivity index (χ0n) is 14.2. The van der Waals surface area contributed by atoms with Crippen molar-refractivity contribution in [3.63, 3.8) is 0 Å². The fourth-order valence-corrected chi connectivity index (χ4v) is 2.65. The minimum atomic E-state index is -1.62. The van der Waals surface area contributed by atoms with Crippen molar-refractivity contribution in [2.45, 2.75) is 64.2 Å². The Morgan fingerprint density at radius 1 is 1.04 bits per heavy atom. The molecular weight excluding hydrogens is 338 g/mol. The van der Waals surface area contributed by atoms with Crippen molar-refractivity contribution < 1.29 is 42.8 Å². The first-order valence-corrected chi connectivity index (χ1v) is 7.55. The Balaban J connectivity index is 2.31. The van der Waals surface area contributed by atoms with Gasteiger partial charge >= 0.3 is 17.9 Å². The van der Waals surface area contributed by atoms with E-state index >= 15 is 0 Å². The number of hydrogen-bond donors (Lipinski definition) is 0. The monoisotopic (exact) mass is 357 g/mol. The number of rotatable bonds is 4. The summed E-state index contributed by atoms with van der Waals surface area (Å²) in [5.41, 5.74) is 0. The molecule has 0 N–H and O–H groups in total. The van der Waals surface area contributed by atoms with Gasteiger partial charge in [0.1, 0.15) is 18.8 Å². The third-order valence-electron chi connectivity index (χ3n) is 3.55. The van der Waals surface area contributed by atoms with E-state index in [4.69, 9.17) is 28.4 Å². The van der Waals surface area contributed by atoms with Gasteiger partial charge in [0.15, 0.2) is 24.6 Å². The van der Waals surface area contributed by atoms with Gasteiger partial charge in [-0.2, -0.15) is 5.26 Å². The van der Waals surface area contributed by atoms with Crippen molar-refractivity contribution in [3.8, 4) is 6.07 Å². The number of carbonyl (C=O) groups excluding carboxylic acids is 3. The number of fused-ring (bicyclic) bond motifs is 1. The molecule has 0 bridgehead atoms. The highest BCUT2D eigenvalue weighted by atomic mass is 16.8. The lowest BCUT2D eigenvalue weighted by molar-refractivity contribution is -0.265. The fraction of sp³-hybridized carbons (Fsp3) is 0.733. The maximum atomic E-state index is 11.5. The highest BCUT2D eigenvalue weighted by Crippen LogP contribution is 2.38. The molecule has 2 saturated heterocycles. The summed E-state index contributed by atoms with van der Waals surface area (Å²) in [6.07, 6.45) is -5.24. The number of nitriles is 1. The lowest BCUT2D eigenvalue weighted by Gasteiger charge is -2.40. The average Bonchev–Trinajstić information content (AvgIpc) is 2.84. The second kappa shape index (κ2) is 7.35. The molecule has 25 heavy (non-hydrogen) atoms. The summed E-state index contributed by atoms with van der Waals surface area (Å²) in [6.45, 7) is 4.67. The Bertz CT molecular complexity index is 600. The maximum Gasteiger partial charge on any atom is 0.303 e. The van der Waals surface area contributed by atoms with Crippen LogP contribution in [0.4, 0.5) is 0 Å². The molecule has 0 radical (unpaired) electrons. The smallest absolute Gasteiger partial charge is 0.303 e. The molecule has 2 heterocycles. The van der Waals surface area contributed by atoms with Gasteiger partial charge < -0.3 is 28.4 Å². The van der Waals surface area contributed by atoms with E-state index in [1.807, 2.05) is 6.07 Å². The third-order valence-corrected chi connectivity index (χ3v) is 3.55. The minimum Gasteiger partial charge on any atom is -0.463 e. The van der Waals surface area contributed by atoms with Crippen LogP contribution in [0.2, 0.25) is 0 Å². The molecule has 2 rings (SSSR count). The molecule has 0 aromatic carbocycles. The molecular formula is C15H19NO9. The molecule has 10 heteroatoms. The Morgan fingerprint density at radius 3 is 2.16 bits per heavy atom. The van der Waals surface area contributed by atoms with E-state index in [2.05, 4.69) is 0 Å². The van der Waals surface area contributed by atoms with Gasteiger partial charge in [0.25, 0.3) is 5.79 Å². The fourth-order valence-electron chi connectivity index (χ4n) is 2.65. The quantitative estimate of drug-likeness (QED) is 0.492. The normalized spacial score (nSPS) is 36.7. The first-order valence-electron chi connectivity index (χ1n) is 7.55. The Hall–Kier alpha value is -2.22. The summed E-state index contributed by atoms with van der Waals surface area (Å²) >= 11 is 0. The van der Waals surface area contributed by atoms with E-state index in [0.29, 0.717) is 0 Å². The molecule has 0 saturated carbocycles. The predicted molar refractivity (Wildman–Crippen MR) is 76.4 cm³/mol. The first kappa shape index (κ1) is 19.1. The van der Waals surface area contributed by atoms with Gasteiger partial charge in [-0.3, -0.25) is 14.4 Å². The summed E-state index contributed by atoms with van der Waals surface area (Å²) in [6, 6.07) is 1.83. The molecule has 138 valence electrons.